The highest BCUT2D eigenvalue weighted by Crippen LogP contribution is 2.23. The van der Waals surface area contributed by atoms with Crippen molar-refractivity contribution < 1.29 is 26.7 Å². The number of rotatable bonds is 5. The van der Waals surface area contributed by atoms with E-state index in [2.05, 4.69) is 38.3 Å². The van der Waals surface area contributed by atoms with Gasteiger partial charge < -0.3 is 4.74 Å². The Kier molecular flexibility index (Phi) is 8.35. The van der Waals surface area contributed by atoms with E-state index in [0.29, 0.717) is 0 Å². The average molecular weight is 385 g/mol. The number of hydrogen-bond donors (Lipinski definition) is 1. The molecule has 1 heterocycles. The molecule has 1 aromatic rings. The maximum absolute atomic E-state index is 13.9. The van der Waals surface area contributed by atoms with E-state index in [1.807, 2.05) is 0 Å². The van der Waals surface area contributed by atoms with Crippen LogP contribution in [0.25, 0.3) is 0 Å². The second kappa shape index (κ2) is 10.2. The molecule has 0 aliphatic rings. The van der Waals surface area contributed by atoms with Gasteiger partial charge in [0.05, 0.1) is 0 Å². The molecule has 0 aliphatic carbocycles. The van der Waals surface area contributed by atoms with E-state index in [1.165, 1.54) is 24.4 Å². The Morgan fingerprint density at radius 1 is 1.33 bits per heavy atom. The van der Waals surface area contributed by atoms with Crippen molar-refractivity contribution in [3.05, 3.63) is 72.4 Å². The molecule has 27 heavy (non-hydrogen) atoms. The minimum Gasteiger partial charge on any atom is -0.378 e. The number of nitrogens with zero attached hydrogens (tertiary/aromatic N) is 2. The first-order chi connectivity index (χ1) is 12.7. The van der Waals surface area contributed by atoms with Crippen LogP contribution < -0.4 is 0 Å². The topological polar surface area (TPSA) is 50.8 Å². The summed E-state index contributed by atoms with van der Waals surface area (Å²) in [6, 6.07) is 2.88. The first-order valence-corrected chi connectivity index (χ1v) is 7.39. The molecule has 0 amide bonds. The Labute approximate surface area is 152 Å². The highest BCUT2D eigenvalue weighted by Gasteiger charge is 2.34. The second-order valence-electron chi connectivity index (χ2n) is 4.93. The van der Waals surface area contributed by atoms with E-state index in [4.69, 9.17) is 0 Å². The number of hydrogen-bond acceptors (Lipinski definition) is 3. The number of H-pyrrole nitrogens is 1. The maximum Gasteiger partial charge on any atom is 0.409 e. The van der Waals surface area contributed by atoms with Crippen LogP contribution in [-0.4, -0.2) is 35.1 Å². The van der Waals surface area contributed by atoms with Crippen molar-refractivity contribution in [1.82, 2.24) is 15.2 Å². The van der Waals surface area contributed by atoms with Crippen molar-refractivity contribution in [2.45, 2.75) is 12.1 Å². The van der Waals surface area contributed by atoms with Crippen LogP contribution in [0.1, 0.15) is 11.4 Å². The first kappa shape index (κ1) is 22.1. The van der Waals surface area contributed by atoms with Crippen LogP contribution in [0.2, 0.25) is 0 Å². The normalized spacial score (nSPS) is 12.3. The van der Waals surface area contributed by atoms with Crippen molar-refractivity contribution in [2.24, 2.45) is 0 Å². The van der Waals surface area contributed by atoms with Crippen molar-refractivity contribution in [2.75, 3.05) is 13.7 Å². The zero-order valence-corrected chi connectivity index (χ0v) is 14.2. The molecule has 1 rings (SSSR count). The van der Waals surface area contributed by atoms with E-state index < -0.39 is 24.5 Å². The SMILES string of the molecule is C=C/C(C#Cc1cccn[nH]c(C(F)(F)COC)nc1)=C\C=C\C(F)(F)F. The molecule has 1 aromatic heterocycles. The van der Waals surface area contributed by atoms with Crippen molar-refractivity contribution in [1.29, 1.82) is 0 Å². The van der Waals surface area contributed by atoms with Gasteiger partial charge in [0.2, 0.25) is 0 Å². The summed E-state index contributed by atoms with van der Waals surface area (Å²) in [5.74, 6) is 1.06. The fourth-order valence-electron chi connectivity index (χ4n) is 1.56. The number of ether oxygens (including phenoxy) is 1. The molecule has 0 unspecified atom stereocenters. The summed E-state index contributed by atoms with van der Waals surface area (Å²) in [5.41, 5.74) is 0.425. The lowest BCUT2D eigenvalue weighted by Crippen LogP contribution is -2.23. The zero-order chi connectivity index (χ0) is 20.3. The van der Waals surface area contributed by atoms with Crippen molar-refractivity contribution in [3.8, 4) is 11.8 Å². The predicted molar refractivity (Wildman–Crippen MR) is 90.1 cm³/mol. The molecule has 0 spiro atoms. The van der Waals surface area contributed by atoms with E-state index in [-0.39, 0.29) is 17.2 Å². The first-order valence-electron chi connectivity index (χ1n) is 7.39. The third-order valence-electron chi connectivity index (χ3n) is 2.74. The van der Waals surface area contributed by atoms with Gasteiger partial charge in [0, 0.05) is 36.7 Å². The Bertz CT molecular complexity index is 812. The molecule has 0 saturated heterocycles. The summed E-state index contributed by atoms with van der Waals surface area (Å²) in [4.78, 5) is 3.65. The number of aromatic amines is 1. The fraction of sp³-hybridized carbons (Fsp3) is 0.222. The molecule has 9 heteroatoms. The minimum atomic E-state index is -4.44. The molecule has 0 radical (unpaired) electrons. The van der Waals surface area contributed by atoms with Crippen LogP contribution in [-0.2, 0) is 10.7 Å². The number of alkyl halides is 5. The van der Waals surface area contributed by atoms with Gasteiger partial charge in [-0.05, 0) is 18.2 Å². The van der Waals surface area contributed by atoms with Gasteiger partial charge in [-0.25, -0.2) is 4.98 Å². The molecule has 0 aliphatic heterocycles. The Balaban J connectivity index is 3.23. The summed E-state index contributed by atoms with van der Waals surface area (Å²) < 4.78 is 68.5. The Morgan fingerprint density at radius 3 is 2.70 bits per heavy atom. The molecule has 0 aromatic carbocycles. The number of allylic oxidation sites excluding steroid dienone is 5. The van der Waals surface area contributed by atoms with Crippen LogP contribution in [0.15, 0.2) is 61.0 Å². The zero-order valence-electron chi connectivity index (χ0n) is 14.2. The summed E-state index contributed by atoms with van der Waals surface area (Å²) in [6.45, 7) is 2.56. The standard InChI is InChI=1S/C18H16F5N3O/c1-3-14(6-4-10-18(21,22)23)8-9-15-7-5-11-25-26-16(24-12-15)17(19,20)13-27-2/h3-7,10-12H,1,13H2,2H3,(H,24,26)/b7-5?,10-4+,14-6+,15-12?,25-11?. The van der Waals surface area contributed by atoms with Gasteiger partial charge in [0.15, 0.2) is 5.82 Å². The van der Waals surface area contributed by atoms with E-state index in [9.17, 15) is 22.0 Å². The molecular weight excluding hydrogens is 369 g/mol. The van der Waals surface area contributed by atoms with E-state index in [0.717, 1.165) is 25.5 Å². The fourth-order valence-corrected chi connectivity index (χ4v) is 1.56. The predicted octanol–water partition coefficient (Wildman–Crippen LogP) is 4.25. The van der Waals surface area contributed by atoms with Crippen LogP contribution in [0.4, 0.5) is 22.0 Å². The lowest BCUT2D eigenvalue weighted by Gasteiger charge is -2.12. The van der Waals surface area contributed by atoms with Crippen molar-refractivity contribution in [3.63, 3.8) is 0 Å². The van der Waals surface area contributed by atoms with Gasteiger partial charge in [0.1, 0.15) is 6.61 Å². The summed E-state index contributed by atoms with van der Waals surface area (Å²) in [6.07, 6.45) is 1.08. The highest BCUT2D eigenvalue weighted by atomic mass is 19.4. The Morgan fingerprint density at radius 2 is 2.07 bits per heavy atom. The largest absolute Gasteiger partial charge is 0.409 e. The monoisotopic (exact) mass is 385 g/mol. The quantitative estimate of drug-likeness (QED) is 0.468. The molecule has 144 valence electrons. The lowest BCUT2D eigenvalue weighted by atomic mass is 10.2. The molecule has 1 N–H and O–H groups in total. The lowest BCUT2D eigenvalue weighted by molar-refractivity contribution is -0.0799. The highest BCUT2D eigenvalue weighted by molar-refractivity contribution is 5.44. The van der Waals surface area contributed by atoms with Crippen LogP contribution in [0.3, 0.4) is 0 Å². The third-order valence-corrected chi connectivity index (χ3v) is 2.74. The number of aromatic nitrogens is 3. The molecular formula is C18H16F5N3O. The summed E-state index contributed by atoms with van der Waals surface area (Å²) in [7, 11) is 1.12. The number of nitrogens with one attached hydrogen (secondary N) is 1. The van der Waals surface area contributed by atoms with E-state index >= 15 is 0 Å². The van der Waals surface area contributed by atoms with Gasteiger partial charge in [0.25, 0.3) is 0 Å². The smallest absolute Gasteiger partial charge is 0.378 e. The van der Waals surface area contributed by atoms with Crippen molar-refractivity contribution >= 4 is 0 Å². The molecule has 0 bridgehead atoms. The molecule has 4 nitrogen and oxygen atoms in total. The van der Waals surface area contributed by atoms with Gasteiger partial charge in [-0.2, -0.15) is 27.1 Å². The maximum atomic E-state index is 13.9. The second-order valence-corrected chi connectivity index (χ2v) is 4.93. The molecule has 0 saturated carbocycles. The average Bonchev–Trinajstić information content (AvgIpc) is 2.69. The van der Waals surface area contributed by atoms with E-state index in [1.54, 1.807) is 0 Å². The summed E-state index contributed by atoms with van der Waals surface area (Å²) in [5, 5.41) is 5.70. The van der Waals surface area contributed by atoms with Gasteiger partial charge >= 0.3 is 12.1 Å². The number of methoxy groups -OCH3 is 1. The number of halogens is 5. The molecule has 0 fully saturated rings. The van der Waals surface area contributed by atoms with Crippen LogP contribution in [0, 0.1) is 11.8 Å². The Hall–Kier alpha value is -2.99. The summed E-state index contributed by atoms with van der Waals surface area (Å²) >= 11 is 0. The van der Waals surface area contributed by atoms with Gasteiger partial charge in [-0.1, -0.05) is 30.6 Å². The minimum absolute atomic E-state index is 0.0495. The van der Waals surface area contributed by atoms with Crippen LogP contribution >= 0.6 is 0 Å². The van der Waals surface area contributed by atoms with Gasteiger partial charge in [-0.3, -0.25) is 5.10 Å². The third kappa shape index (κ3) is 8.78. The molecule has 0 atom stereocenters. The van der Waals surface area contributed by atoms with Crippen LogP contribution in [0.5, 0.6) is 0 Å². The van der Waals surface area contributed by atoms with Gasteiger partial charge in [-0.15, -0.1) is 0 Å².